The normalized spacial score (nSPS) is 13.8. The fraction of sp³-hybridized carbons (Fsp3) is 0.412. The second-order valence-electron chi connectivity index (χ2n) is 5.73. The van der Waals surface area contributed by atoms with Crippen LogP contribution in [-0.2, 0) is 17.6 Å². The summed E-state index contributed by atoms with van der Waals surface area (Å²) in [6, 6.07) is 5.70. The molecule has 0 fully saturated rings. The maximum atomic E-state index is 12.5. The molecule has 126 valence electrons. The lowest BCUT2D eigenvalue weighted by Gasteiger charge is -2.28. The van der Waals surface area contributed by atoms with Crippen molar-refractivity contribution in [2.24, 2.45) is 0 Å². The third kappa shape index (κ3) is 3.17. The van der Waals surface area contributed by atoms with E-state index in [1.165, 1.54) is 0 Å². The Morgan fingerprint density at radius 2 is 2.17 bits per heavy atom. The molecule has 0 bridgehead atoms. The van der Waals surface area contributed by atoms with Gasteiger partial charge in [-0.2, -0.15) is 0 Å². The summed E-state index contributed by atoms with van der Waals surface area (Å²) in [7, 11) is 0. The molecular weight excluding hydrogens is 324 g/mol. The number of aryl methyl sites for hydroxylation is 2. The van der Waals surface area contributed by atoms with Gasteiger partial charge in [0.15, 0.2) is 0 Å². The van der Waals surface area contributed by atoms with Gasteiger partial charge in [0.1, 0.15) is 4.88 Å². The largest absolute Gasteiger partial charge is 0.321 e. The number of carbonyl (C=O) groups excluding carboxylic acids is 2. The lowest BCUT2D eigenvalue weighted by molar-refractivity contribution is -0.118. The molecule has 24 heavy (non-hydrogen) atoms. The lowest BCUT2D eigenvalue weighted by atomic mass is 10.0. The van der Waals surface area contributed by atoms with Gasteiger partial charge in [-0.3, -0.25) is 9.59 Å². The van der Waals surface area contributed by atoms with Crippen molar-refractivity contribution < 1.29 is 9.59 Å². The molecule has 0 unspecified atom stereocenters. The standard InChI is InChI=1S/C17H20N4O2S/c1-3-5-13-16(24-20-19-13)17(23)18-12-7-8-14-11(10-12)6-9-15(22)21(14)4-2/h7-8,10H,3-6,9H2,1-2H3,(H,18,23). The van der Waals surface area contributed by atoms with Gasteiger partial charge in [0.05, 0.1) is 5.69 Å². The summed E-state index contributed by atoms with van der Waals surface area (Å²) in [6.07, 6.45) is 2.89. The summed E-state index contributed by atoms with van der Waals surface area (Å²) < 4.78 is 3.89. The van der Waals surface area contributed by atoms with E-state index in [4.69, 9.17) is 0 Å². The number of hydrogen-bond acceptors (Lipinski definition) is 5. The highest BCUT2D eigenvalue weighted by molar-refractivity contribution is 7.08. The molecule has 1 aliphatic rings. The molecule has 6 nitrogen and oxygen atoms in total. The van der Waals surface area contributed by atoms with Gasteiger partial charge >= 0.3 is 0 Å². The van der Waals surface area contributed by atoms with E-state index in [-0.39, 0.29) is 11.8 Å². The molecule has 0 aliphatic carbocycles. The van der Waals surface area contributed by atoms with Crippen LogP contribution >= 0.6 is 11.5 Å². The summed E-state index contributed by atoms with van der Waals surface area (Å²) in [5, 5.41) is 6.96. The first-order valence-corrected chi connectivity index (χ1v) is 8.97. The van der Waals surface area contributed by atoms with E-state index in [1.54, 1.807) is 4.90 Å². The van der Waals surface area contributed by atoms with Crippen molar-refractivity contribution in [1.29, 1.82) is 0 Å². The van der Waals surface area contributed by atoms with Crippen LogP contribution in [0.5, 0.6) is 0 Å². The predicted octanol–water partition coefficient (Wildman–Crippen LogP) is 3.04. The van der Waals surface area contributed by atoms with Crippen molar-refractivity contribution in [3.8, 4) is 0 Å². The molecule has 0 atom stereocenters. The molecule has 2 aromatic rings. The Morgan fingerprint density at radius 1 is 1.33 bits per heavy atom. The number of nitrogens with one attached hydrogen (secondary N) is 1. The van der Waals surface area contributed by atoms with Crippen LogP contribution in [0.25, 0.3) is 0 Å². The van der Waals surface area contributed by atoms with Gasteiger partial charge in [0, 0.05) is 24.3 Å². The minimum Gasteiger partial charge on any atom is -0.321 e. The van der Waals surface area contributed by atoms with Gasteiger partial charge < -0.3 is 10.2 Å². The van der Waals surface area contributed by atoms with Crippen molar-refractivity contribution >= 4 is 34.7 Å². The Kier molecular flexibility index (Phi) is 4.89. The molecule has 1 aliphatic heterocycles. The number of anilines is 2. The third-order valence-corrected chi connectivity index (χ3v) is 4.87. The Morgan fingerprint density at radius 3 is 2.92 bits per heavy atom. The maximum absolute atomic E-state index is 12.5. The molecule has 1 aromatic carbocycles. The van der Waals surface area contributed by atoms with Crippen molar-refractivity contribution in [1.82, 2.24) is 9.59 Å². The monoisotopic (exact) mass is 344 g/mol. The van der Waals surface area contributed by atoms with Crippen LogP contribution in [0.2, 0.25) is 0 Å². The molecule has 2 amide bonds. The topological polar surface area (TPSA) is 75.2 Å². The number of benzene rings is 1. The number of rotatable bonds is 5. The van der Waals surface area contributed by atoms with Crippen LogP contribution in [0.15, 0.2) is 18.2 Å². The second-order valence-corrected chi connectivity index (χ2v) is 6.49. The van der Waals surface area contributed by atoms with E-state index in [0.717, 1.165) is 47.0 Å². The summed E-state index contributed by atoms with van der Waals surface area (Å²) in [5.41, 5.74) is 3.52. The van der Waals surface area contributed by atoms with E-state index in [9.17, 15) is 9.59 Å². The van der Waals surface area contributed by atoms with Gasteiger partial charge in [-0.25, -0.2) is 0 Å². The Bertz CT molecular complexity index is 772. The van der Waals surface area contributed by atoms with E-state index >= 15 is 0 Å². The Balaban J connectivity index is 1.80. The van der Waals surface area contributed by atoms with Gasteiger partial charge in [-0.15, -0.1) is 5.10 Å². The number of fused-ring (bicyclic) bond motifs is 1. The number of aromatic nitrogens is 2. The van der Waals surface area contributed by atoms with Crippen LogP contribution < -0.4 is 10.2 Å². The summed E-state index contributed by atoms with van der Waals surface area (Å²) in [4.78, 5) is 26.8. The maximum Gasteiger partial charge on any atom is 0.269 e. The summed E-state index contributed by atoms with van der Waals surface area (Å²) >= 11 is 1.12. The molecule has 0 saturated carbocycles. The Labute approximate surface area is 145 Å². The molecule has 0 spiro atoms. The van der Waals surface area contributed by atoms with Crippen molar-refractivity contribution in [3.05, 3.63) is 34.3 Å². The van der Waals surface area contributed by atoms with Gasteiger partial charge in [0.25, 0.3) is 5.91 Å². The fourth-order valence-corrected chi connectivity index (χ4v) is 3.56. The summed E-state index contributed by atoms with van der Waals surface area (Å²) in [6.45, 7) is 4.67. The van der Waals surface area contributed by atoms with E-state index in [2.05, 4.69) is 14.9 Å². The van der Waals surface area contributed by atoms with Crippen molar-refractivity contribution in [2.75, 3.05) is 16.8 Å². The first-order valence-electron chi connectivity index (χ1n) is 8.19. The molecule has 7 heteroatoms. The Hall–Kier alpha value is -2.28. The molecule has 2 heterocycles. The zero-order valence-electron chi connectivity index (χ0n) is 13.8. The average Bonchev–Trinajstić information content (AvgIpc) is 3.04. The number of hydrogen-bond donors (Lipinski definition) is 1. The van der Waals surface area contributed by atoms with Gasteiger partial charge in [-0.1, -0.05) is 17.8 Å². The molecule has 0 radical (unpaired) electrons. The smallest absolute Gasteiger partial charge is 0.269 e. The molecule has 3 rings (SSSR count). The zero-order chi connectivity index (χ0) is 17.1. The zero-order valence-corrected chi connectivity index (χ0v) is 14.7. The second kappa shape index (κ2) is 7.09. The SMILES string of the molecule is CCCc1nnsc1C(=O)Nc1ccc2c(c1)CCC(=O)N2CC. The number of nitrogens with zero attached hydrogens (tertiary/aromatic N) is 3. The highest BCUT2D eigenvalue weighted by Crippen LogP contribution is 2.30. The predicted molar refractivity (Wildman–Crippen MR) is 94.6 cm³/mol. The minimum absolute atomic E-state index is 0.154. The van der Waals surface area contributed by atoms with Crippen LogP contribution in [0.4, 0.5) is 11.4 Å². The molecule has 1 aromatic heterocycles. The van der Waals surface area contributed by atoms with Crippen LogP contribution in [0, 0.1) is 0 Å². The fourth-order valence-electron chi connectivity index (χ4n) is 2.95. The number of amides is 2. The molecule has 0 saturated heterocycles. The average molecular weight is 344 g/mol. The van der Waals surface area contributed by atoms with Gasteiger partial charge in [-0.05, 0) is 55.1 Å². The highest BCUT2D eigenvalue weighted by Gasteiger charge is 2.23. The molecular formula is C17H20N4O2S. The quantitative estimate of drug-likeness (QED) is 0.904. The summed E-state index contributed by atoms with van der Waals surface area (Å²) in [5.74, 6) is -0.0191. The van der Waals surface area contributed by atoms with Crippen LogP contribution in [-0.4, -0.2) is 27.9 Å². The first-order chi connectivity index (χ1) is 11.6. The van der Waals surface area contributed by atoms with Crippen LogP contribution in [0.1, 0.15) is 47.6 Å². The van der Waals surface area contributed by atoms with E-state index in [1.807, 2.05) is 32.0 Å². The van der Waals surface area contributed by atoms with E-state index < -0.39 is 0 Å². The van der Waals surface area contributed by atoms with E-state index in [0.29, 0.717) is 24.3 Å². The molecule has 1 N–H and O–H groups in total. The van der Waals surface area contributed by atoms with Gasteiger partial charge in [0.2, 0.25) is 5.91 Å². The van der Waals surface area contributed by atoms with Crippen LogP contribution in [0.3, 0.4) is 0 Å². The number of carbonyl (C=O) groups is 2. The highest BCUT2D eigenvalue weighted by atomic mass is 32.1. The lowest BCUT2D eigenvalue weighted by Crippen LogP contribution is -2.34. The first kappa shape index (κ1) is 16.6. The van der Waals surface area contributed by atoms with Crippen molar-refractivity contribution in [3.63, 3.8) is 0 Å². The third-order valence-electron chi connectivity index (χ3n) is 4.10. The van der Waals surface area contributed by atoms with Crippen molar-refractivity contribution in [2.45, 2.75) is 39.5 Å². The minimum atomic E-state index is -0.173.